The quantitative estimate of drug-likeness (QED) is 0.602. The number of hydrogen-bond acceptors (Lipinski definition) is 0. The van der Waals surface area contributed by atoms with Gasteiger partial charge in [-0.15, -0.1) is 0 Å². The van der Waals surface area contributed by atoms with Crippen molar-refractivity contribution in [2.75, 3.05) is 0 Å². The van der Waals surface area contributed by atoms with Gasteiger partial charge in [-0.2, -0.15) is 0 Å². The Morgan fingerprint density at radius 3 is 2.38 bits per heavy atom. The Morgan fingerprint density at radius 2 is 1.85 bits per heavy atom. The summed E-state index contributed by atoms with van der Waals surface area (Å²) in [6.07, 6.45) is 4.43. The van der Waals surface area contributed by atoms with Gasteiger partial charge in [-0.05, 0) is 17.9 Å². The number of allylic oxidation sites excluding steroid dienone is 1. The molecule has 0 heterocycles. The second-order valence-electron chi connectivity index (χ2n) is 4.61. The van der Waals surface area contributed by atoms with Crippen LogP contribution in [0.1, 0.15) is 31.9 Å². The monoisotopic (exact) mass is 174 g/mol. The molecule has 0 radical (unpaired) electrons. The van der Waals surface area contributed by atoms with Crippen molar-refractivity contribution in [1.82, 2.24) is 0 Å². The Labute approximate surface area is 81.3 Å². The van der Waals surface area contributed by atoms with E-state index in [0.717, 1.165) is 0 Å². The number of benzene rings is 1. The molecular weight excluding hydrogens is 156 g/mol. The molecule has 1 aromatic rings. The molecule has 70 valence electrons. The van der Waals surface area contributed by atoms with Gasteiger partial charge in [-0.1, -0.05) is 62.8 Å². The standard InChI is InChI=1S/C13H18/c1-11-6-5-7-12(10-11)8-9-13(2,3)4/h5-10H,1-4H3/b9-8-. The van der Waals surface area contributed by atoms with Crippen molar-refractivity contribution in [2.45, 2.75) is 27.7 Å². The van der Waals surface area contributed by atoms with E-state index in [1.165, 1.54) is 11.1 Å². The third-order valence-corrected chi connectivity index (χ3v) is 1.82. The van der Waals surface area contributed by atoms with Gasteiger partial charge in [0.1, 0.15) is 0 Å². The van der Waals surface area contributed by atoms with Crippen LogP contribution in [0.4, 0.5) is 0 Å². The van der Waals surface area contributed by atoms with Crippen molar-refractivity contribution < 1.29 is 0 Å². The van der Waals surface area contributed by atoms with Gasteiger partial charge in [0, 0.05) is 0 Å². The topological polar surface area (TPSA) is 0 Å². The predicted octanol–water partition coefficient (Wildman–Crippen LogP) is 4.05. The predicted molar refractivity (Wildman–Crippen MR) is 59.7 cm³/mol. The Kier molecular flexibility index (Phi) is 2.92. The normalized spacial score (nSPS) is 12.3. The van der Waals surface area contributed by atoms with Crippen LogP contribution in [0.2, 0.25) is 0 Å². The molecule has 0 amide bonds. The summed E-state index contributed by atoms with van der Waals surface area (Å²) in [6, 6.07) is 8.55. The van der Waals surface area contributed by atoms with Crippen LogP contribution in [0.5, 0.6) is 0 Å². The van der Waals surface area contributed by atoms with Gasteiger partial charge in [-0.25, -0.2) is 0 Å². The molecule has 0 bridgehead atoms. The number of aryl methyl sites for hydroxylation is 1. The highest BCUT2D eigenvalue weighted by molar-refractivity contribution is 5.50. The lowest BCUT2D eigenvalue weighted by Gasteiger charge is -2.10. The van der Waals surface area contributed by atoms with E-state index in [1.807, 2.05) is 0 Å². The van der Waals surface area contributed by atoms with Crippen LogP contribution in [-0.2, 0) is 0 Å². The zero-order valence-electron chi connectivity index (χ0n) is 8.96. The summed E-state index contributed by atoms with van der Waals surface area (Å²) in [5.41, 5.74) is 2.87. The van der Waals surface area contributed by atoms with Crippen molar-refractivity contribution in [2.24, 2.45) is 5.41 Å². The zero-order chi connectivity index (χ0) is 9.90. The highest BCUT2D eigenvalue weighted by Crippen LogP contribution is 2.17. The van der Waals surface area contributed by atoms with E-state index in [9.17, 15) is 0 Å². The summed E-state index contributed by atoms with van der Waals surface area (Å²) in [5, 5.41) is 0. The first-order valence-corrected chi connectivity index (χ1v) is 4.73. The van der Waals surface area contributed by atoms with E-state index in [1.54, 1.807) is 0 Å². The molecule has 0 atom stereocenters. The maximum atomic E-state index is 2.24. The van der Waals surface area contributed by atoms with Crippen LogP contribution in [-0.4, -0.2) is 0 Å². The first-order chi connectivity index (χ1) is 5.97. The highest BCUT2D eigenvalue weighted by Gasteiger charge is 2.02. The molecule has 0 aromatic heterocycles. The van der Waals surface area contributed by atoms with Crippen LogP contribution in [0.25, 0.3) is 6.08 Å². The molecule has 0 aliphatic heterocycles. The van der Waals surface area contributed by atoms with Crippen molar-refractivity contribution >= 4 is 6.08 Å². The van der Waals surface area contributed by atoms with Crippen LogP contribution in [0.15, 0.2) is 30.3 Å². The van der Waals surface area contributed by atoms with Gasteiger partial charge < -0.3 is 0 Å². The van der Waals surface area contributed by atoms with Gasteiger partial charge in [-0.3, -0.25) is 0 Å². The SMILES string of the molecule is Cc1cccc(/C=C\C(C)(C)C)c1. The summed E-state index contributed by atoms with van der Waals surface area (Å²) >= 11 is 0. The molecule has 0 heteroatoms. The molecule has 0 spiro atoms. The Bertz CT molecular complexity index is 300. The van der Waals surface area contributed by atoms with E-state index in [2.05, 4.69) is 64.1 Å². The Hall–Kier alpha value is -1.04. The maximum Gasteiger partial charge on any atom is -0.0200 e. The molecule has 1 aromatic carbocycles. The zero-order valence-corrected chi connectivity index (χ0v) is 8.96. The second kappa shape index (κ2) is 3.78. The van der Waals surface area contributed by atoms with Crippen molar-refractivity contribution in [3.05, 3.63) is 41.5 Å². The second-order valence-corrected chi connectivity index (χ2v) is 4.61. The van der Waals surface area contributed by atoms with Gasteiger partial charge in [0.25, 0.3) is 0 Å². The van der Waals surface area contributed by atoms with E-state index >= 15 is 0 Å². The molecule has 0 unspecified atom stereocenters. The molecule has 0 aliphatic rings. The molecule has 0 N–H and O–H groups in total. The molecule has 0 aliphatic carbocycles. The van der Waals surface area contributed by atoms with Crippen LogP contribution in [0.3, 0.4) is 0 Å². The summed E-state index contributed by atoms with van der Waals surface area (Å²) in [5.74, 6) is 0. The number of rotatable bonds is 1. The minimum absolute atomic E-state index is 0.268. The average molecular weight is 174 g/mol. The first kappa shape index (κ1) is 10.0. The number of hydrogen-bond donors (Lipinski definition) is 0. The van der Waals surface area contributed by atoms with Crippen LogP contribution >= 0.6 is 0 Å². The lowest BCUT2D eigenvalue weighted by atomic mass is 9.95. The van der Waals surface area contributed by atoms with E-state index in [4.69, 9.17) is 0 Å². The first-order valence-electron chi connectivity index (χ1n) is 4.73. The lowest BCUT2D eigenvalue weighted by molar-refractivity contribution is 0.547. The van der Waals surface area contributed by atoms with E-state index in [-0.39, 0.29) is 5.41 Å². The molecule has 0 nitrogen and oxygen atoms in total. The minimum Gasteiger partial charge on any atom is -0.0785 e. The third-order valence-electron chi connectivity index (χ3n) is 1.82. The molecule has 1 rings (SSSR count). The molecular formula is C13H18. The average Bonchev–Trinajstić information content (AvgIpc) is 2.00. The fourth-order valence-electron chi connectivity index (χ4n) is 1.12. The Morgan fingerprint density at radius 1 is 1.15 bits per heavy atom. The van der Waals surface area contributed by atoms with Gasteiger partial charge >= 0.3 is 0 Å². The smallest absolute Gasteiger partial charge is 0.0200 e. The largest absolute Gasteiger partial charge is 0.0785 e. The summed E-state index contributed by atoms with van der Waals surface area (Å²) in [4.78, 5) is 0. The van der Waals surface area contributed by atoms with E-state index < -0.39 is 0 Å². The highest BCUT2D eigenvalue weighted by atomic mass is 14.1. The summed E-state index contributed by atoms with van der Waals surface area (Å²) in [7, 11) is 0. The summed E-state index contributed by atoms with van der Waals surface area (Å²) < 4.78 is 0. The molecule has 13 heavy (non-hydrogen) atoms. The van der Waals surface area contributed by atoms with Gasteiger partial charge in [0.2, 0.25) is 0 Å². The minimum atomic E-state index is 0.268. The fourth-order valence-corrected chi connectivity index (χ4v) is 1.12. The maximum absolute atomic E-state index is 2.24. The molecule has 0 fully saturated rings. The van der Waals surface area contributed by atoms with Crippen LogP contribution in [0, 0.1) is 12.3 Å². The van der Waals surface area contributed by atoms with Crippen LogP contribution < -0.4 is 0 Å². The van der Waals surface area contributed by atoms with Crippen molar-refractivity contribution in [3.8, 4) is 0 Å². The summed E-state index contributed by atoms with van der Waals surface area (Å²) in [6.45, 7) is 8.74. The van der Waals surface area contributed by atoms with Gasteiger partial charge in [0.15, 0.2) is 0 Å². The van der Waals surface area contributed by atoms with Crippen molar-refractivity contribution in [1.29, 1.82) is 0 Å². The Balaban J connectivity index is 2.80. The van der Waals surface area contributed by atoms with Crippen molar-refractivity contribution in [3.63, 3.8) is 0 Å². The van der Waals surface area contributed by atoms with E-state index in [0.29, 0.717) is 0 Å². The molecule has 0 saturated carbocycles. The van der Waals surface area contributed by atoms with Gasteiger partial charge in [0.05, 0.1) is 0 Å². The lowest BCUT2D eigenvalue weighted by Crippen LogP contribution is -1.97. The third kappa shape index (κ3) is 3.93. The fraction of sp³-hybridized carbons (Fsp3) is 0.385. The molecule has 0 saturated heterocycles.